The SMILES string of the molecule is O=C(NC/C=C/c1ccccc1)/C(=C/c1ccc(Cl)cc1)c1ccc(F)cc1F. The minimum Gasteiger partial charge on any atom is -0.349 e. The fourth-order valence-corrected chi connectivity index (χ4v) is 2.83. The van der Waals surface area contributed by atoms with E-state index in [2.05, 4.69) is 5.32 Å². The van der Waals surface area contributed by atoms with Crippen LogP contribution in [0, 0.1) is 11.6 Å². The predicted octanol–water partition coefficient (Wildman–Crippen LogP) is 5.99. The van der Waals surface area contributed by atoms with Gasteiger partial charge in [-0.05, 0) is 41.5 Å². The van der Waals surface area contributed by atoms with E-state index in [1.54, 1.807) is 36.4 Å². The summed E-state index contributed by atoms with van der Waals surface area (Å²) in [7, 11) is 0. The maximum atomic E-state index is 14.3. The fourth-order valence-electron chi connectivity index (χ4n) is 2.71. The van der Waals surface area contributed by atoms with Gasteiger partial charge >= 0.3 is 0 Å². The second kappa shape index (κ2) is 9.80. The molecule has 146 valence electrons. The maximum absolute atomic E-state index is 14.3. The fraction of sp³-hybridized carbons (Fsp3) is 0.0417. The Hall–Kier alpha value is -3.24. The predicted molar refractivity (Wildman–Crippen MR) is 114 cm³/mol. The van der Waals surface area contributed by atoms with Crippen molar-refractivity contribution >= 4 is 35.2 Å². The van der Waals surface area contributed by atoms with Crippen LogP contribution in [0.4, 0.5) is 8.78 Å². The van der Waals surface area contributed by atoms with Crippen molar-refractivity contribution in [1.82, 2.24) is 5.32 Å². The van der Waals surface area contributed by atoms with Gasteiger partial charge in [0.1, 0.15) is 11.6 Å². The van der Waals surface area contributed by atoms with Gasteiger partial charge in [-0.3, -0.25) is 4.79 Å². The minimum absolute atomic E-state index is 0.0193. The molecule has 29 heavy (non-hydrogen) atoms. The standard InChI is InChI=1S/C24H18ClF2NO/c25-19-10-8-18(9-11-19)15-22(21-13-12-20(26)16-23(21)27)24(29)28-14-4-7-17-5-2-1-3-6-17/h1-13,15-16H,14H2,(H,28,29)/b7-4+,22-15+. The van der Waals surface area contributed by atoms with Gasteiger partial charge in [-0.25, -0.2) is 8.78 Å². The summed E-state index contributed by atoms with van der Waals surface area (Å²) < 4.78 is 27.7. The van der Waals surface area contributed by atoms with Crippen LogP contribution in [0.2, 0.25) is 5.02 Å². The number of carbonyl (C=O) groups is 1. The minimum atomic E-state index is -0.805. The summed E-state index contributed by atoms with van der Waals surface area (Å²) in [5, 5.41) is 3.29. The molecule has 5 heteroatoms. The van der Waals surface area contributed by atoms with E-state index in [0.29, 0.717) is 10.6 Å². The first-order chi connectivity index (χ1) is 14.0. The molecule has 0 radical (unpaired) electrons. The van der Waals surface area contributed by atoms with Gasteiger partial charge in [0.2, 0.25) is 0 Å². The first-order valence-corrected chi connectivity index (χ1v) is 9.33. The number of hydrogen-bond donors (Lipinski definition) is 1. The first kappa shape index (κ1) is 20.5. The molecule has 0 saturated heterocycles. The highest BCUT2D eigenvalue weighted by Crippen LogP contribution is 2.23. The third-order valence-corrected chi connectivity index (χ3v) is 4.39. The Labute approximate surface area is 173 Å². The van der Waals surface area contributed by atoms with E-state index < -0.39 is 17.5 Å². The summed E-state index contributed by atoms with van der Waals surface area (Å²) in [5.74, 6) is -1.98. The molecule has 0 aromatic heterocycles. The molecule has 1 N–H and O–H groups in total. The van der Waals surface area contributed by atoms with Gasteiger partial charge in [-0.2, -0.15) is 0 Å². The van der Waals surface area contributed by atoms with Crippen molar-refractivity contribution in [1.29, 1.82) is 0 Å². The van der Waals surface area contributed by atoms with Crippen molar-refractivity contribution in [2.45, 2.75) is 0 Å². The normalized spacial score (nSPS) is 11.6. The van der Waals surface area contributed by atoms with Crippen molar-refractivity contribution in [3.05, 3.63) is 112 Å². The van der Waals surface area contributed by atoms with Crippen molar-refractivity contribution in [2.24, 2.45) is 0 Å². The van der Waals surface area contributed by atoms with Crippen molar-refractivity contribution < 1.29 is 13.6 Å². The molecule has 1 amide bonds. The number of rotatable bonds is 6. The molecular formula is C24H18ClF2NO. The molecule has 3 aromatic rings. The van der Waals surface area contributed by atoms with Crippen LogP contribution in [-0.2, 0) is 4.79 Å². The molecule has 0 spiro atoms. The summed E-state index contributed by atoms with van der Waals surface area (Å²) in [6.45, 7) is 0.258. The van der Waals surface area contributed by atoms with Crippen LogP contribution in [0.1, 0.15) is 16.7 Å². The molecule has 0 saturated carbocycles. The molecular weight excluding hydrogens is 392 g/mol. The van der Waals surface area contributed by atoms with E-state index in [9.17, 15) is 13.6 Å². The zero-order valence-corrected chi connectivity index (χ0v) is 16.2. The summed E-state index contributed by atoms with van der Waals surface area (Å²) in [6.07, 6.45) is 5.22. The highest BCUT2D eigenvalue weighted by atomic mass is 35.5. The zero-order chi connectivity index (χ0) is 20.6. The second-order valence-electron chi connectivity index (χ2n) is 6.26. The average molecular weight is 410 g/mol. The highest BCUT2D eigenvalue weighted by Gasteiger charge is 2.16. The molecule has 0 atom stereocenters. The topological polar surface area (TPSA) is 29.1 Å². The number of halogens is 3. The van der Waals surface area contributed by atoms with E-state index in [-0.39, 0.29) is 17.7 Å². The highest BCUT2D eigenvalue weighted by molar-refractivity contribution is 6.30. The van der Waals surface area contributed by atoms with Crippen LogP contribution >= 0.6 is 11.6 Å². The van der Waals surface area contributed by atoms with Crippen LogP contribution in [0.5, 0.6) is 0 Å². The molecule has 2 nitrogen and oxygen atoms in total. The van der Waals surface area contributed by atoms with Crippen molar-refractivity contribution in [2.75, 3.05) is 6.54 Å². The molecule has 0 bridgehead atoms. The van der Waals surface area contributed by atoms with Crippen LogP contribution in [0.15, 0.2) is 78.9 Å². The Kier molecular flexibility index (Phi) is 6.93. The Morgan fingerprint density at radius 2 is 1.66 bits per heavy atom. The van der Waals surface area contributed by atoms with Gasteiger partial charge in [0.15, 0.2) is 0 Å². The lowest BCUT2D eigenvalue weighted by molar-refractivity contribution is -0.115. The van der Waals surface area contributed by atoms with Gasteiger partial charge in [0, 0.05) is 23.2 Å². The summed E-state index contributed by atoms with van der Waals surface area (Å²) in [6, 6.07) is 19.6. The van der Waals surface area contributed by atoms with E-state index in [1.165, 1.54) is 6.07 Å². The summed E-state index contributed by atoms with van der Waals surface area (Å²) in [4.78, 5) is 12.8. The van der Waals surface area contributed by atoms with Crippen LogP contribution < -0.4 is 5.32 Å². The molecule has 3 rings (SSSR count). The summed E-state index contributed by atoms with van der Waals surface area (Å²) >= 11 is 5.90. The van der Waals surface area contributed by atoms with Gasteiger partial charge in [0.05, 0.1) is 5.57 Å². The molecule has 0 fully saturated rings. The van der Waals surface area contributed by atoms with Crippen LogP contribution in [0.25, 0.3) is 17.7 Å². The Morgan fingerprint density at radius 3 is 2.34 bits per heavy atom. The first-order valence-electron chi connectivity index (χ1n) is 8.95. The average Bonchev–Trinajstić information content (AvgIpc) is 2.72. The van der Waals surface area contributed by atoms with E-state index in [4.69, 9.17) is 11.6 Å². The number of nitrogens with one attached hydrogen (secondary N) is 1. The lowest BCUT2D eigenvalue weighted by atomic mass is 10.0. The zero-order valence-electron chi connectivity index (χ0n) is 15.4. The summed E-state index contributed by atoms with van der Waals surface area (Å²) in [5.41, 5.74) is 1.79. The van der Waals surface area contributed by atoms with Crippen LogP contribution in [0.3, 0.4) is 0 Å². The number of hydrogen-bond acceptors (Lipinski definition) is 1. The third kappa shape index (κ3) is 5.87. The Morgan fingerprint density at radius 1 is 0.931 bits per heavy atom. The van der Waals surface area contributed by atoms with Gasteiger partial charge in [-0.1, -0.05) is 66.2 Å². The molecule has 3 aromatic carbocycles. The Bertz CT molecular complexity index is 1040. The van der Waals surface area contributed by atoms with Crippen molar-refractivity contribution in [3.8, 4) is 0 Å². The number of benzene rings is 3. The lowest BCUT2D eigenvalue weighted by Crippen LogP contribution is -2.24. The Balaban J connectivity index is 1.83. The molecule has 0 heterocycles. The molecule has 0 aliphatic rings. The third-order valence-electron chi connectivity index (χ3n) is 4.14. The largest absolute Gasteiger partial charge is 0.349 e. The quantitative estimate of drug-likeness (QED) is 0.393. The monoisotopic (exact) mass is 409 g/mol. The lowest BCUT2D eigenvalue weighted by Gasteiger charge is -2.10. The van der Waals surface area contributed by atoms with E-state index >= 15 is 0 Å². The van der Waals surface area contributed by atoms with Gasteiger partial charge in [-0.15, -0.1) is 0 Å². The maximum Gasteiger partial charge on any atom is 0.252 e. The number of carbonyl (C=O) groups excluding carboxylic acids is 1. The van der Waals surface area contributed by atoms with E-state index in [1.807, 2.05) is 36.4 Å². The van der Waals surface area contributed by atoms with Gasteiger partial charge in [0.25, 0.3) is 5.91 Å². The van der Waals surface area contributed by atoms with E-state index in [0.717, 1.165) is 17.7 Å². The molecule has 0 unspecified atom stereocenters. The molecule has 0 aliphatic heterocycles. The van der Waals surface area contributed by atoms with Gasteiger partial charge < -0.3 is 5.32 Å². The van der Waals surface area contributed by atoms with Crippen molar-refractivity contribution in [3.63, 3.8) is 0 Å². The second-order valence-corrected chi connectivity index (χ2v) is 6.69. The number of amides is 1. The smallest absolute Gasteiger partial charge is 0.252 e. The molecule has 0 aliphatic carbocycles. The van der Waals surface area contributed by atoms with Crippen LogP contribution in [-0.4, -0.2) is 12.5 Å².